The largest absolute Gasteiger partial charge is 0.508 e. The van der Waals surface area contributed by atoms with E-state index in [9.17, 15) is 9.59 Å². The van der Waals surface area contributed by atoms with E-state index >= 15 is 0 Å². The van der Waals surface area contributed by atoms with Gasteiger partial charge in [-0.15, -0.1) is 0 Å². The summed E-state index contributed by atoms with van der Waals surface area (Å²) < 4.78 is 28.1. The Morgan fingerprint density at radius 1 is 0.674 bits per heavy atom. The van der Waals surface area contributed by atoms with Crippen LogP contribution in [0.5, 0.6) is 0 Å². The molecule has 0 spiro atoms. The molecule has 2 rings (SSSR count). The summed E-state index contributed by atoms with van der Waals surface area (Å²) in [6.07, 6.45) is 6.88. The zero-order chi connectivity index (χ0) is 33.4. The molecule has 0 saturated carbocycles. The van der Waals surface area contributed by atoms with Crippen molar-refractivity contribution in [3.8, 4) is 0 Å². The van der Waals surface area contributed by atoms with E-state index in [1.807, 2.05) is 6.92 Å². The normalized spacial score (nSPS) is 12.0. The predicted molar refractivity (Wildman–Crippen MR) is 183 cm³/mol. The number of nitrogens with zero attached hydrogens (tertiary/aromatic N) is 1. The molecule has 46 heavy (non-hydrogen) atoms. The van der Waals surface area contributed by atoms with Crippen molar-refractivity contribution in [2.45, 2.75) is 112 Å². The third-order valence-electron chi connectivity index (χ3n) is 7.89. The van der Waals surface area contributed by atoms with Gasteiger partial charge in [-0.3, -0.25) is 4.79 Å². The number of aryl methyl sites for hydroxylation is 2. The highest BCUT2D eigenvalue weighted by atomic mass is 16.7. The molecule has 0 aromatic heterocycles. The van der Waals surface area contributed by atoms with E-state index in [1.165, 1.54) is 36.8 Å². The van der Waals surface area contributed by atoms with Crippen molar-refractivity contribution < 1.29 is 33.3 Å². The van der Waals surface area contributed by atoms with Gasteiger partial charge in [-0.05, 0) is 67.4 Å². The molecule has 8 nitrogen and oxygen atoms in total. The van der Waals surface area contributed by atoms with Crippen molar-refractivity contribution in [1.82, 2.24) is 4.90 Å². The molecule has 0 radical (unpaired) electrons. The molecule has 2 aromatic rings. The maximum atomic E-state index is 12.6. The predicted octanol–water partition coefficient (Wildman–Crippen LogP) is 8.28. The Hall–Kier alpha value is -2.94. The topological polar surface area (TPSA) is 83.5 Å². The Morgan fingerprint density at radius 2 is 1.17 bits per heavy atom. The molecule has 2 aromatic carbocycles. The number of ether oxygens (including phenoxy) is 5. The molecule has 0 aliphatic carbocycles. The van der Waals surface area contributed by atoms with Gasteiger partial charge in [0.1, 0.15) is 6.61 Å². The van der Waals surface area contributed by atoms with Crippen LogP contribution in [0.2, 0.25) is 0 Å². The van der Waals surface area contributed by atoms with Crippen LogP contribution in [0.3, 0.4) is 0 Å². The van der Waals surface area contributed by atoms with Gasteiger partial charge < -0.3 is 28.6 Å². The van der Waals surface area contributed by atoms with Gasteiger partial charge in [0.05, 0.1) is 32.8 Å². The van der Waals surface area contributed by atoms with Gasteiger partial charge in [0.25, 0.3) is 0 Å². The molecule has 1 atom stereocenters. The summed E-state index contributed by atoms with van der Waals surface area (Å²) in [6.45, 7) is 14.7. The second-order valence-corrected chi connectivity index (χ2v) is 12.0. The van der Waals surface area contributed by atoms with E-state index in [2.05, 4.69) is 81.1 Å². The zero-order valence-corrected chi connectivity index (χ0v) is 29.1. The van der Waals surface area contributed by atoms with Gasteiger partial charge in [-0.1, -0.05) is 96.0 Å². The molecule has 0 aliphatic heterocycles. The minimum Gasteiger partial charge on any atom is -0.465 e. The molecular weight excluding hydrogens is 582 g/mol. The van der Waals surface area contributed by atoms with Crippen molar-refractivity contribution >= 4 is 12.1 Å². The molecular formula is C38H59NO7. The highest BCUT2D eigenvalue weighted by molar-refractivity contribution is 5.69. The van der Waals surface area contributed by atoms with E-state index in [1.54, 1.807) is 0 Å². The van der Waals surface area contributed by atoms with Crippen molar-refractivity contribution in [3.63, 3.8) is 0 Å². The first-order chi connectivity index (χ1) is 22.4. The van der Waals surface area contributed by atoms with E-state index < -0.39 is 12.4 Å². The standard InChI is InChI=1S/C38H59NO7/c1-6-10-13-32-15-19-34(20-16-32)29-44-37(45-30-35-21-17-33(18-22-35)14-11-7-2)24-23-36(40)43-27-31(5)28-46-38(41)42-26-12-25-39(8-3)9-4/h15-22,31,37H,6-14,23-30H2,1-5H3. The summed E-state index contributed by atoms with van der Waals surface area (Å²) in [4.78, 5) is 26.8. The Morgan fingerprint density at radius 3 is 1.67 bits per heavy atom. The number of esters is 1. The number of benzene rings is 2. The summed E-state index contributed by atoms with van der Waals surface area (Å²) in [5.41, 5.74) is 4.78. The van der Waals surface area contributed by atoms with Crippen molar-refractivity contribution in [2.75, 3.05) is 39.5 Å². The number of unbranched alkanes of at least 4 members (excludes halogenated alkanes) is 2. The fourth-order valence-electron chi connectivity index (χ4n) is 4.79. The Bertz CT molecular complexity index is 1010. The summed E-state index contributed by atoms with van der Waals surface area (Å²) in [7, 11) is 0. The third kappa shape index (κ3) is 17.7. The smallest absolute Gasteiger partial charge is 0.465 e. The van der Waals surface area contributed by atoms with Crippen LogP contribution in [-0.4, -0.2) is 62.8 Å². The van der Waals surface area contributed by atoms with Gasteiger partial charge in [0.2, 0.25) is 0 Å². The second kappa shape index (κ2) is 24.3. The van der Waals surface area contributed by atoms with Crippen molar-refractivity contribution in [1.29, 1.82) is 0 Å². The highest BCUT2D eigenvalue weighted by Gasteiger charge is 2.16. The minimum atomic E-state index is -0.693. The fraction of sp³-hybridized carbons (Fsp3) is 0.632. The molecule has 0 fully saturated rings. The number of carbonyl (C=O) groups excluding carboxylic acids is 2. The number of rotatable bonds is 25. The fourth-order valence-corrected chi connectivity index (χ4v) is 4.79. The molecule has 1 unspecified atom stereocenters. The highest BCUT2D eigenvalue weighted by Crippen LogP contribution is 2.16. The Balaban J connectivity index is 1.78. The summed E-state index contributed by atoms with van der Waals surface area (Å²) in [6, 6.07) is 17.0. The molecule has 258 valence electrons. The number of carbonyl (C=O) groups is 2. The van der Waals surface area contributed by atoms with Crippen molar-refractivity contribution in [3.05, 3.63) is 70.8 Å². The maximum Gasteiger partial charge on any atom is 0.508 e. The second-order valence-electron chi connectivity index (χ2n) is 12.0. The summed E-state index contributed by atoms with van der Waals surface area (Å²) in [5, 5.41) is 0. The van der Waals surface area contributed by atoms with Crippen LogP contribution in [0, 0.1) is 5.92 Å². The Labute approximate surface area is 278 Å². The Kier molecular flexibility index (Phi) is 20.7. The zero-order valence-electron chi connectivity index (χ0n) is 29.1. The van der Waals surface area contributed by atoms with Crippen LogP contribution >= 0.6 is 0 Å². The molecule has 8 heteroatoms. The SMILES string of the molecule is CCCCc1ccc(COC(CCC(=O)OCC(C)COC(=O)OCCCN(CC)CC)OCc2ccc(CCCC)cc2)cc1. The quantitative estimate of drug-likeness (QED) is 0.0609. The first-order valence-corrected chi connectivity index (χ1v) is 17.4. The molecule has 0 bridgehead atoms. The molecule has 0 N–H and O–H groups in total. The van der Waals surface area contributed by atoms with Gasteiger partial charge in [-0.25, -0.2) is 4.79 Å². The van der Waals surface area contributed by atoms with Crippen molar-refractivity contribution in [2.24, 2.45) is 5.92 Å². The van der Waals surface area contributed by atoms with Crippen LogP contribution in [0.1, 0.15) is 102 Å². The van der Waals surface area contributed by atoms with Gasteiger partial charge in [0.15, 0.2) is 6.29 Å². The lowest BCUT2D eigenvalue weighted by molar-refractivity contribution is -0.168. The molecule has 0 saturated heterocycles. The van der Waals surface area contributed by atoms with Gasteiger partial charge in [0, 0.05) is 18.9 Å². The molecule has 0 aliphatic rings. The van der Waals surface area contributed by atoms with Gasteiger partial charge >= 0.3 is 12.1 Å². The lowest BCUT2D eigenvalue weighted by Gasteiger charge is -2.19. The van der Waals surface area contributed by atoms with E-state index in [0.717, 1.165) is 50.0 Å². The number of hydrogen-bond acceptors (Lipinski definition) is 8. The third-order valence-corrected chi connectivity index (χ3v) is 7.89. The first-order valence-electron chi connectivity index (χ1n) is 17.4. The first kappa shape index (κ1) is 39.2. The molecule has 0 heterocycles. The minimum absolute atomic E-state index is 0.117. The molecule has 0 amide bonds. The van der Waals surface area contributed by atoms with Crippen LogP contribution in [-0.2, 0) is 54.5 Å². The average molecular weight is 642 g/mol. The van der Waals surface area contributed by atoms with E-state index in [4.69, 9.17) is 23.7 Å². The summed E-state index contributed by atoms with van der Waals surface area (Å²) in [5.74, 6) is -0.500. The lowest BCUT2D eigenvalue weighted by atomic mass is 10.1. The van der Waals surface area contributed by atoms with Crippen LogP contribution in [0.4, 0.5) is 4.79 Å². The van der Waals surface area contributed by atoms with E-state index in [-0.39, 0.29) is 31.5 Å². The van der Waals surface area contributed by atoms with Crippen LogP contribution in [0.15, 0.2) is 48.5 Å². The average Bonchev–Trinajstić information content (AvgIpc) is 3.08. The van der Waals surface area contributed by atoms with Gasteiger partial charge in [-0.2, -0.15) is 0 Å². The van der Waals surface area contributed by atoms with Crippen LogP contribution in [0.25, 0.3) is 0 Å². The van der Waals surface area contributed by atoms with E-state index in [0.29, 0.717) is 26.2 Å². The lowest BCUT2D eigenvalue weighted by Crippen LogP contribution is -2.25. The monoisotopic (exact) mass is 641 g/mol. The maximum absolute atomic E-state index is 12.6. The summed E-state index contributed by atoms with van der Waals surface area (Å²) >= 11 is 0. The number of hydrogen-bond donors (Lipinski definition) is 0. The van der Waals surface area contributed by atoms with Crippen LogP contribution < -0.4 is 0 Å².